The van der Waals surface area contributed by atoms with Gasteiger partial charge in [0.1, 0.15) is 11.8 Å². The Morgan fingerprint density at radius 3 is 2.92 bits per heavy atom. The van der Waals surface area contributed by atoms with Gasteiger partial charge in [-0.05, 0) is 12.1 Å². The molecule has 4 nitrogen and oxygen atoms in total. The Labute approximate surface area is 71.0 Å². The van der Waals surface area contributed by atoms with Crippen LogP contribution < -0.4 is 5.06 Å². The molecule has 0 saturated heterocycles. The first-order chi connectivity index (χ1) is 5.77. The molecule has 1 aromatic heterocycles. The second kappa shape index (κ2) is 3.69. The SMILES string of the molecule is CON(C)c1cccc(C#N)n1. The molecule has 0 aliphatic heterocycles. The van der Waals surface area contributed by atoms with Crippen LogP contribution >= 0.6 is 0 Å². The average molecular weight is 163 g/mol. The zero-order valence-corrected chi connectivity index (χ0v) is 6.98. The largest absolute Gasteiger partial charge is 0.276 e. The normalized spacial score (nSPS) is 9.08. The Hall–Kier alpha value is -1.60. The minimum atomic E-state index is 0.386. The number of hydrogen-bond donors (Lipinski definition) is 0. The third-order valence-electron chi connectivity index (χ3n) is 1.45. The van der Waals surface area contributed by atoms with Crippen LogP contribution in [-0.4, -0.2) is 19.1 Å². The maximum absolute atomic E-state index is 8.54. The lowest BCUT2D eigenvalue weighted by molar-refractivity contribution is 0.182. The Morgan fingerprint density at radius 1 is 1.58 bits per heavy atom. The topological polar surface area (TPSA) is 49.1 Å². The highest BCUT2D eigenvalue weighted by molar-refractivity contribution is 5.38. The van der Waals surface area contributed by atoms with E-state index in [9.17, 15) is 0 Å². The van der Waals surface area contributed by atoms with Crippen molar-refractivity contribution >= 4 is 5.82 Å². The van der Waals surface area contributed by atoms with Gasteiger partial charge >= 0.3 is 0 Å². The molecule has 4 heteroatoms. The molecular formula is C8H9N3O. The molecule has 0 N–H and O–H groups in total. The van der Waals surface area contributed by atoms with Crippen LogP contribution in [0.25, 0.3) is 0 Å². The Kier molecular flexibility index (Phi) is 2.62. The van der Waals surface area contributed by atoms with Gasteiger partial charge in [0.05, 0.1) is 7.11 Å². The smallest absolute Gasteiger partial charge is 0.153 e. The summed E-state index contributed by atoms with van der Waals surface area (Å²) < 4.78 is 0. The van der Waals surface area contributed by atoms with E-state index >= 15 is 0 Å². The van der Waals surface area contributed by atoms with E-state index in [0.717, 1.165) is 0 Å². The van der Waals surface area contributed by atoms with Crippen LogP contribution in [0.1, 0.15) is 5.69 Å². The number of anilines is 1. The van der Waals surface area contributed by atoms with E-state index in [-0.39, 0.29) is 0 Å². The highest BCUT2D eigenvalue weighted by Crippen LogP contribution is 2.08. The molecule has 1 aromatic rings. The molecule has 0 fully saturated rings. The van der Waals surface area contributed by atoms with Crippen molar-refractivity contribution in [3.05, 3.63) is 23.9 Å². The summed E-state index contributed by atoms with van der Waals surface area (Å²) in [5.74, 6) is 0.622. The molecule has 0 unspecified atom stereocenters. The van der Waals surface area contributed by atoms with Gasteiger partial charge in [-0.25, -0.2) is 10.0 Å². The van der Waals surface area contributed by atoms with Crippen molar-refractivity contribution < 1.29 is 4.84 Å². The molecule has 62 valence electrons. The number of pyridine rings is 1. The summed E-state index contributed by atoms with van der Waals surface area (Å²) in [5.41, 5.74) is 0.386. The van der Waals surface area contributed by atoms with E-state index in [1.165, 1.54) is 5.06 Å². The van der Waals surface area contributed by atoms with Gasteiger partial charge in [0.2, 0.25) is 0 Å². The first-order valence-corrected chi connectivity index (χ1v) is 3.43. The molecule has 0 radical (unpaired) electrons. The Balaban J connectivity index is 2.95. The van der Waals surface area contributed by atoms with Crippen LogP contribution in [-0.2, 0) is 4.84 Å². The van der Waals surface area contributed by atoms with E-state index in [1.807, 2.05) is 6.07 Å². The standard InChI is InChI=1S/C8H9N3O/c1-11(12-2)8-5-3-4-7(6-9)10-8/h3-5H,1-2H3. The third kappa shape index (κ3) is 1.71. The van der Waals surface area contributed by atoms with Crippen molar-refractivity contribution in [2.24, 2.45) is 0 Å². The van der Waals surface area contributed by atoms with Crippen LogP contribution in [0.2, 0.25) is 0 Å². The highest BCUT2D eigenvalue weighted by atomic mass is 16.7. The lowest BCUT2D eigenvalue weighted by Gasteiger charge is -2.13. The Bertz CT molecular complexity index is 305. The fourth-order valence-electron chi connectivity index (χ4n) is 0.754. The molecule has 0 spiro atoms. The number of hydroxylamine groups is 1. The second-order valence-corrected chi connectivity index (χ2v) is 2.17. The van der Waals surface area contributed by atoms with Gasteiger partial charge in [-0.15, -0.1) is 0 Å². The minimum absolute atomic E-state index is 0.386. The third-order valence-corrected chi connectivity index (χ3v) is 1.45. The summed E-state index contributed by atoms with van der Waals surface area (Å²) in [6.45, 7) is 0. The summed E-state index contributed by atoms with van der Waals surface area (Å²) in [7, 11) is 3.27. The average Bonchev–Trinajstić information content (AvgIpc) is 2.17. The fraction of sp³-hybridized carbons (Fsp3) is 0.250. The first-order valence-electron chi connectivity index (χ1n) is 3.43. The summed E-state index contributed by atoms with van der Waals surface area (Å²) in [6.07, 6.45) is 0. The summed E-state index contributed by atoms with van der Waals surface area (Å²) in [6, 6.07) is 7.13. The molecule has 0 saturated carbocycles. The molecule has 0 aliphatic carbocycles. The second-order valence-electron chi connectivity index (χ2n) is 2.17. The highest BCUT2D eigenvalue weighted by Gasteiger charge is 2.00. The van der Waals surface area contributed by atoms with Crippen molar-refractivity contribution in [1.82, 2.24) is 4.98 Å². The molecule has 0 amide bonds. The van der Waals surface area contributed by atoms with Crippen molar-refractivity contribution in [3.63, 3.8) is 0 Å². The Morgan fingerprint density at radius 2 is 2.33 bits per heavy atom. The van der Waals surface area contributed by atoms with Crippen molar-refractivity contribution in [2.45, 2.75) is 0 Å². The van der Waals surface area contributed by atoms with Crippen molar-refractivity contribution in [3.8, 4) is 6.07 Å². The van der Waals surface area contributed by atoms with Gasteiger partial charge in [-0.2, -0.15) is 5.26 Å². The van der Waals surface area contributed by atoms with Gasteiger partial charge in [-0.3, -0.25) is 4.84 Å². The van der Waals surface area contributed by atoms with Crippen LogP contribution in [0.3, 0.4) is 0 Å². The van der Waals surface area contributed by atoms with Gasteiger partial charge in [0.25, 0.3) is 0 Å². The van der Waals surface area contributed by atoms with Gasteiger partial charge in [0, 0.05) is 7.05 Å². The quantitative estimate of drug-likeness (QED) is 0.609. The lowest BCUT2D eigenvalue weighted by Crippen LogP contribution is -2.16. The van der Waals surface area contributed by atoms with Gasteiger partial charge in [-0.1, -0.05) is 6.07 Å². The lowest BCUT2D eigenvalue weighted by atomic mass is 10.4. The summed E-state index contributed by atoms with van der Waals surface area (Å²) in [5, 5.41) is 10.0. The molecule has 0 aliphatic rings. The van der Waals surface area contributed by atoms with Crippen LogP contribution in [0, 0.1) is 11.3 Å². The van der Waals surface area contributed by atoms with Crippen molar-refractivity contribution in [1.29, 1.82) is 5.26 Å². The summed E-state index contributed by atoms with van der Waals surface area (Å²) >= 11 is 0. The number of nitriles is 1. The van der Waals surface area contributed by atoms with Crippen LogP contribution in [0.5, 0.6) is 0 Å². The number of rotatable bonds is 2. The maximum atomic E-state index is 8.54. The van der Waals surface area contributed by atoms with E-state index in [1.54, 1.807) is 32.4 Å². The predicted molar refractivity (Wildman–Crippen MR) is 44.4 cm³/mol. The fourth-order valence-corrected chi connectivity index (χ4v) is 0.754. The zero-order chi connectivity index (χ0) is 8.97. The molecule has 0 bridgehead atoms. The van der Waals surface area contributed by atoms with E-state index < -0.39 is 0 Å². The van der Waals surface area contributed by atoms with Gasteiger partial charge < -0.3 is 0 Å². The van der Waals surface area contributed by atoms with Gasteiger partial charge in [0.15, 0.2) is 5.82 Å². The molecule has 12 heavy (non-hydrogen) atoms. The molecule has 0 atom stereocenters. The summed E-state index contributed by atoms with van der Waals surface area (Å²) in [4.78, 5) is 8.90. The van der Waals surface area contributed by atoms with E-state index in [2.05, 4.69) is 4.98 Å². The van der Waals surface area contributed by atoms with E-state index in [4.69, 9.17) is 10.1 Å². The van der Waals surface area contributed by atoms with E-state index in [0.29, 0.717) is 11.5 Å². The minimum Gasteiger partial charge on any atom is -0.276 e. The van der Waals surface area contributed by atoms with Crippen LogP contribution in [0.4, 0.5) is 5.82 Å². The number of hydrogen-bond acceptors (Lipinski definition) is 4. The van der Waals surface area contributed by atoms with Crippen LogP contribution in [0.15, 0.2) is 18.2 Å². The number of nitrogens with zero attached hydrogens (tertiary/aromatic N) is 3. The zero-order valence-electron chi connectivity index (χ0n) is 6.98. The first kappa shape index (κ1) is 8.50. The molecule has 0 aromatic carbocycles. The van der Waals surface area contributed by atoms with Crippen molar-refractivity contribution in [2.75, 3.05) is 19.2 Å². The predicted octanol–water partition coefficient (Wildman–Crippen LogP) is 0.951. The maximum Gasteiger partial charge on any atom is 0.153 e. The monoisotopic (exact) mass is 163 g/mol. The molecule has 1 rings (SSSR count). The number of aromatic nitrogens is 1. The molecular weight excluding hydrogens is 154 g/mol. The molecule has 1 heterocycles.